The monoisotopic (exact) mass is 286 g/mol. The van der Waals surface area contributed by atoms with Crippen LogP contribution < -0.4 is 15.4 Å². The van der Waals surface area contributed by atoms with E-state index in [1.807, 2.05) is 0 Å². The van der Waals surface area contributed by atoms with Crippen molar-refractivity contribution in [3.63, 3.8) is 0 Å². The molecular formula is C12H15ClN2O4. The molecule has 0 aromatic heterocycles. The number of carbonyl (C=O) groups is 2. The second-order valence-electron chi connectivity index (χ2n) is 3.82. The molecule has 1 rings (SSSR count). The van der Waals surface area contributed by atoms with Crippen LogP contribution in [0.25, 0.3) is 0 Å². The van der Waals surface area contributed by atoms with Crippen molar-refractivity contribution in [2.45, 2.75) is 13.0 Å². The maximum atomic E-state index is 11.0. The van der Waals surface area contributed by atoms with E-state index in [9.17, 15) is 9.59 Å². The van der Waals surface area contributed by atoms with Gasteiger partial charge in [-0.3, -0.25) is 4.79 Å². The highest BCUT2D eigenvalue weighted by Crippen LogP contribution is 2.26. The highest BCUT2D eigenvalue weighted by atomic mass is 35.5. The quantitative estimate of drug-likeness (QED) is 0.735. The number of amides is 1. The molecule has 1 atom stereocenters. The Labute approximate surface area is 115 Å². The summed E-state index contributed by atoms with van der Waals surface area (Å²) in [6.45, 7) is 1.27. The predicted molar refractivity (Wildman–Crippen MR) is 71.7 cm³/mol. The summed E-state index contributed by atoms with van der Waals surface area (Å²) < 4.78 is 5.04. The molecule has 104 valence electrons. The zero-order chi connectivity index (χ0) is 14.4. The van der Waals surface area contributed by atoms with E-state index in [-0.39, 0.29) is 6.54 Å². The minimum Gasteiger partial charge on any atom is -0.497 e. The summed E-state index contributed by atoms with van der Waals surface area (Å²) in [5, 5.41) is 14.6. The third kappa shape index (κ3) is 4.67. The number of halogens is 1. The van der Waals surface area contributed by atoms with Crippen LogP contribution in [0.3, 0.4) is 0 Å². The van der Waals surface area contributed by atoms with Gasteiger partial charge in [0, 0.05) is 19.5 Å². The number of anilines is 1. The maximum Gasteiger partial charge on any atom is 0.328 e. The lowest BCUT2D eigenvalue weighted by Gasteiger charge is -2.16. The molecule has 0 radical (unpaired) electrons. The van der Waals surface area contributed by atoms with Crippen LogP contribution in [0.15, 0.2) is 18.2 Å². The van der Waals surface area contributed by atoms with Gasteiger partial charge in [-0.05, 0) is 12.1 Å². The van der Waals surface area contributed by atoms with Crippen LogP contribution in [-0.4, -0.2) is 36.7 Å². The molecule has 1 unspecified atom stereocenters. The van der Waals surface area contributed by atoms with Crippen molar-refractivity contribution in [1.29, 1.82) is 0 Å². The average Bonchev–Trinajstić information content (AvgIpc) is 2.35. The van der Waals surface area contributed by atoms with E-state index < -0.39 is 17.9 Å². The van der Waals surface area contributed by atoms with Gasteiger partial charge in [0.2, 0.25) is 5.91 Å². The van der Waals surface area contributed by atoms with Gasteiger partial charge in [0.1, 0.15) is 11.8 Å². The molecule has 0 bridgehead atoms. The first-order valence-corrected chi connectivity index (χ1v) is 5.89. The van der Waals surface area contributed by atoms with Crippen LogP contribution in [0.1, 0.15) is 6.92 Å². The van der Waals surface area contributed by atoms with E-state index in [0.717, 1.165) is 0 Å². The number of carboxylic acids is 1. The van der Waals surface area contributed by atoms with E-state index in [1.54, 1.807) is 18.2 Å². The van der Waals surface area contributed by atoms with Gasteiger partial charge in [0.15, 0.2) is 0 Å². The highest BCUT2D eigenvalue weighted by molar-refractivity contribution is 6.33. The lowest BCUT2D eigenvalue weighted by atomic mass is 10.2. The number of ether oxygens (including phenoxy) is 1. The van der Waals surface area contributed by atoms with Crippen LogP contribution in [0.4, 0.5) is 5.69 Å². The van der Waals surface area contributed by atoms with Crippen molar-refractivity contribution in [2.24, 2.45) is 0 Å². The number of methoxy groups -OCH3 is 1. The normalized spacial score (nSPS) is 11.5. The van der Waals surface area contributed by atoms with Crippen molar-refractivity contribution in [2.75, 3.05) is 19.0 Å². The second-order valence-corrected chi connectivity index (χ2v) is 4.23. The molecule has 0 aliphatic carbocycles. The first-order chi connectivity index (χ1) is 8.93. The van der Waals surface area contributed by atoms with Crippen molar-refractivity contribution in [3.8, 4) is 5.75 Å². The molecule has 6 nitrogen and oxygen atoms in total. The third-order valence-corrected chi connectivity index (χ3v) is 2.68. The van der Waals surface area contributed by atoms with Crippen LogP contribution >= 0.6 is 11.6 Å². The van der Waals surface area contributed by atoms with E-state index in [0.29, 0.717) is 16.5 Å². The number of hydrogen-bond acceptors (Lipinski definition) is 4. The molecule has 1 aromatic rings. The number of aliphatic carboxylic acids is 1. The van der Waals surface area contributed by atoms with Gasteiger partial charge in [-0.1, -0.05) is 11.6 Å². The minimum atomic E-state index is -1.12. The molecule has 0 saturated heterocycles. The Balaban J connectivity index is 2.73. The Kier molecular flexibility index (Phi) is 5.44. The number of carbonyl (C=O) groups excluding carboxylic acids is 1. The van der Waals surface area contributed by atoms with Crippen molar-refractivity contribution < 1.29 is 19.4 Å². The smallest absolute Gasteiger partial charge is 0.328 e. The fraction of sp³-hybridized carbons (Fsp3) is 0.333. The molecule has 19 heavy (non-hydrogen) atoms. The van der Waals surface area contributed by atoms with Crippen LogP contribution in [0.2, 0.25) is 5.02 Å². The molecule has 1 amide bonds. The van der Waals surface area contributed by atoms with E-state index in [1.165, 1.54) is 14.0 Å². The Hall–Kier alpha value is -1.95. The summed E-state index contributed by atoms with van der Waals surface area (Å²) in [6.07, 6.45) is 0. The Bertz CT molecular complexity index is 479. The number of carboxylic acid groups (broad SMARTS) is 1. The molecule has 7 heteroatoms. The van der Waals surface area contributed by atoms with Gasteiger partial charge < -0.3 is 20.5 Å². The fourth-order valence-electron chi connectivity index (χ4n) is 1.42. The molecule has 1 aromatic carbocycles. The van der Waals surface area contributed by atoms with Crippen molar-refractivity contribution in [3.05, 3.63) is 23.2 Å². The molecule has 3 N–H and O–H groups in total. The first kappa shape index (κ1) is 15.1. The van der Waals surface area contributed by atoms with E-state index in [2.05, 4.69) is 10.6 Å². The van der Waals surface area contributed by atoms with Gasteiger partial charge in [0.05, 0.1) is 17.8 Å². The first-order valence-electron chi connectivity index (χ1n) is 5.51. The van der Waals surface area contributed by atoms with E-state index in [4.69, 9.17) is 21.4 Å². The van der Waals surface area contributed by atoms with Gasteiger partial charge in [0.25, 0.3) is 0 Å². The molecule has 0 heterocycles. The molecule has 0 aliphatic rings. The second kappa shape index (κ2) is 6.84. The number of benzene rings is 1. The summed E-state index contributed by atoms with van der Waals surface area (Å²) in [4.78, 5) is 21.8. The summed E-state index contributed by atoms with van der Waals surface area (Å²) in [5.41, 5.74) is 0.539. The van der Waals surface area contributed by atoms with Gasteiger partial charge in [-0.25, -0.2) is 4.79 Å². The Morgan fingerprint density at radius 3 is 2.68 bits per heavy atom. The third-order valence-electron chi connectivity index (χ3n) is 2.35. The summed E-state index contributed by atoms with van der Waals surface area (Å²) in [5.74, 6) is -0.939. The molecule has 0 fully saturated rings. The van der Waals surface area contributed by atoms with Crippen molar-refractivity contribution in [1.82, 2.24) is 5.32 Å². The number of rotatable bonds is 6. The maximum absolute atomic E-state index is 11.0. The van der Waals surface area contributed by atoms with Crippen molar-refractivity contribution >= 4 is 29.2 Å². The Morgan fingerprint density at radius 1 is 1.47 bits per heavy atom. The molecule has 0 saturated carbocycles. The number of hydrogen-bond donors (Lipinski definition) is 3. The minimum absolute atomic E-state index is 0.0157. The van der Waals surface area contributed by atoms with Crippen LogP contribution in [0.5, 0.6) is 5.75 Å². The topological polar surface area (TPSA) is 87.7 Å². The molecule has 0 spiro atoms. The summed E-state index contributed by atoms with van der Waals surface area (Å²) >= 11 is 5.97. The number of nitrogens with one attached hydrogen (secondary N) is 2. The van der Waals surface area contributed by atoms with Gasteiger partial charge in [-0.2, -0.15) is 0 Å². The average molecular weight is 287 g/mol. The zero-order valence-electron chi connectivity index (χ0n) is 10.6. The molecular weight excluding hydrogens is 272 g/mol. The predicted octanol–water partition coefficient (Wildman–Crippen LogP) is 1.35. The lowest BCUT2D eigenvalue weighted by Crippen LogP contribution is -2.44. The summed E-state index contributed by atoms with van der Waals surface area (Å²) in [7, 11) is 1.52. The highest BCUT2D eigenvalue weighted by Gasteiger charge is 2.18. The molecule has 0 aliphatic heterocycles. The van der Waals surface area contributed by atoms with Gasteiger partial charge in [-0.15, -0.1) is 0 Å². The van der Waals surface area contributed by atoms with Gasteiger partial charge >= 0.3 is 5.97 Å². The Morgan fingerprint density at radius 2 is 2.16 bits per heavy atom. The SMILES string of the molecule is COc1ccc(Cl)c(NCC(NC(C)=O)C(=O)O)c1. The zero-order valence-corrected chi connectivity index (χ0v) is 11.3. The summed E-state index contributed by atoms with van der Waals surface area (Å²) in [6, 6.07) is 3.95. The fourth-order valence-corrected chi connectivity index (χ4v) is 1.61. The van der Waals surface area contributed by atoms with E-state index >= 15 is 0 Å². The standard InChI is InChI=1S/C12H15ClN2O4/c1-7(16)15-11(12(17)18)6-14-10-5-8(19-2)3-4-9(10)13/h3-5,11,14H,6H2,1-2H3,(H,15,16)(H,17,18). The largest absolute Gasteiger partial charge is 0.497 e. The lowest BCUT2D eigenvalue weighted by molar-refractivity contribution is -0.141. The van der Waals surface area contributed by atoms with Crippen LogP contribution in [0, 0.1) is 0 Å². The van der Waals surface area contributed by atoms with Crippen LogP contribution in [-0.2, 0) is 9.59 Å².